The van der Waals surface area contributed by atoms with E-state index in [9.17, 15) is 13.2 Å². The first-order valence-electron chi connectivity index (χ1n) is 5.28. The quantitative estimate of drug-likeness (QED) is 0.833. The van der Waals surface area contributed by atoms with E-state index >= 15 is 0 Å². The first-order valence-corrected chi connectivity index (χ1v) is 6.08. The molecule has 0 unspecified atom stereocenters. The lowest BCUT2D eigenvalue weighted by molar-refractivity contribution is -0.137. The van der Waals surface area contributed by atoms with Gasteiger partial charge in [-0.2, -0.15) is 13.2 Å². The lowest BCUT2D eigenvalue weighted by Crippen LogP contribution is -2.42. The van der Waals surface area contributed by atoms with Gasteiger partial charge in [0.2, 0.25) is 0 Å². The van der Waals surface area contributed by atoms with Crippen LogP contribution in [0.25, 0.3) is 0 Å². The van der Waals surface area contributed by atoms with Gasteiger partial charge in [-0.15, -0.1) is 0 Å². The second kappa shape index (κ2) is 4.96. The highest BCUT2D eigenvalue weighted by molar-refractivity contribution is 9.10. The molecule has 1 heterocycles. The maximum atomic E-state index is 12.7. The van der Waals surface area contributed by atoms with E-state index in [-0.39, 0.29) is 6.04 Å². The summed E-state index contributed by atoms with van der Waals surface area (Å²) in [6.45, 7) is 2.25. The molecule has 6 heteroatoms. The van der Waals surface area contributed by atoms with Gasteiger partial charge in [0.05, 0.1) is 5.56 Å². The lowest BCUT2D eigenvalue weighted by atomic mass is 10.0. The van der Waals surface area contributed by atoms with E-state index in [1.807, 2.05) is 0 Å². The van der Waals surface area contributed by atoms with Crippen molar-refractivity contribution in [3.05, 3.63) is 33.8 Å². The topological polar surface area (TPSA) is 24.1 Å². The Balaban J connectivity index is 2.31. The molecular formula is C11H12BrF3N2. The molecule has 17 heavy (non-hydrogen) atoms. The summed E-state index contributed by atoms with van der Waals surface area (Å²) < 4.78 is 38.4. The van der Waals surface area contributed by atoms with Gasteiger partial charge in [-0.1, -0.05) is 15.9 Å². The summed E-state index contributed by atoms with van der Waals surface area (Å²) in [6.07, 6.45) is -4.30. The second-order valence-corrected chi connectivity index (χ2v) is 4.90. The highest BCUT2D eigenvalue weighted by atomic mass is 79.9. The smallest absolute Gasteiger partial charge is 0.314 e. The fraction of sp³-hybridized carbons (Fsp3) is 0.455. The number of piperazine rings is 1. The van der Waals surface area contributed by atoms with Crippen molar-refractivity contribution in [2.24, 2.45) is 0 Å². The first-order chi connectivity index (χ1) is 7.97. The maximum Gasteiger partial charge on any atom is 0.416 e. The van der Waals surface area contributed by atoms with Crippen LogP contribution in [0.15, 0.2) is 22.7 Å². The molecule has 1 aromatic carbocycles. The average molecular weight is 309 g/mol. The predicted molar refractivity (Wildman–Crippen MR) is 62.8 cm³/mol. The van der Waals surface area contributed by atoms with Crippen molar-refractivity contribution in [2.75, 3.05) is 19.6 Å². The summed E-state index contributed by atoms with van der Waals surface area (Å²) in [5, 5.41) is 6.34. The van der Waals surface area contributed by atoms with Crippen LogP contribution in [0.5, 0.6) is 0 Å². The summed E-state index contributed by atoms with van der Waals surface area (Å²) in [5.74, 6) is 0. The van der Waals surface area contributed by atoms with Crippen molar-refractivity contribution in [1.82, 2.24) is 10.6 Å². The van der Waals surface area contributed by atoms with Crippen molar-refractivity contribution < 1.29 is 13.2 Å². The minimum Gasteiger partial charge on any atom is -0.314 e. The molecule has 2 nitrogen and oxygen atoms in total. The van der Waals surface area contributed by atoms with Crippen molar-refractivity contribution in [3.63, 3.8) is 0 Å². The highest BCUT2D eigenvalue weighted by Gasteiger charge is 2.31. The Bertz CT molecular complexity index is 400. The summed E-state index contributed by atoms with van der Waals surface area (Å²) in [6, 6.07) is 3.96. The molecule has 0 saturated carbocycles. The Morgan fingerprint density at radius 1 is 1.18 bits per heavy atom. The molecule has 0 bridgehead atoms. The van der Waals surface area contributed by atoms with Crippen molar-refractivity contribution >= 4 is 15.9 Å². The molecule has 2 N–H and O–H groups in total. The Labute approximate surface area is 106 Å². The molecule has 0 spiro atoms. The Kier molecular flexibility index (Phi) is 3.75. The largest absolute Gasteiger partial charge is 0.416 e. The van der Waals surface area contributed by atoms with Crippen LogP contribution in [-0.4, -0.2) is 19.6 Å². The number of halogens is 4. The zero-order valence-electron chi connectivity index (χ0n) is 8.94. The molecule has 1 aliphatic rings. The predicted octanol–water partition coefficient (Wildman–Crippen LogP) is 2.70. The van der Waals surface area contributed by atoms with Gasteiger partial charge in [-0.3, -0.25) is 0 Å². The number of alkyl halides is 3. The Morgan fingerprint density at radius 2 is 1.94 bits per heavy atom. The molecule has 94 valence electrons. The fourth-order valence-corrected chi connectivity index (χ4v) is 2.38. The average Bonchev–Trinajstić information content (AvgIpc) is 2.28. The van der Waals surface area contributed by atoms with Crippen molar-refractivity contribution in [3.8, 4) is 0 Å². The van der Waals surface area contributed by atoms with E-state index in [2.05, 4.69) is 26.6 Å². The van der Waals surface area contributed by atoms with Gasteiger partial charge in [-0.05, 0) is 23.8 Å². The van der Waals surface area contributed by atoms with E-state index < -0.39 is 11.7 Å². The summed E-state index contributed by atoms with van der Waals surface area (Å²) in [7, 11) is 0. The molecule has 0 aromatic heterocycles. The number of nitrogens with one attached hydrogen (secondary N) is 2. The van der Waals surface area contributed by atoms with Crippen LogP contribution < -0.4 is 10.6 Å². The minimum atomic E-state index is -4.30. The molecule has 1 atom stereocenters. The molecule has 0 radical (unpaired) electrons. The van der Waals surface area contributed by atoms with Crippen LogP contribution in [0.2, 0.25) is 0 Å². The summed E-state index contributed by atoms with van der Waals surface area (Å²) >= 11 is 3.12. The van der Waals surface area contributed by atoms with Gasteiger partial charge < -0.3 is 10.6 Å². The molecule has 1 saturated heterocycles. The third-order valence-corrected chi connectivity index (χ3v) is 3.15. The highest BCUT2D eigenvalue weighted by Crippen LogP contribution is 2.33. The number of hydrogen-bond donors (Lipinski definition) is 2. The number of benzene rings is 1. The third kappa shape index (κ3) is 3.20. The van der Waals surface area contributed by atoms with Crippen LogP contribution in [-0.2, 0) is 6.18 Å². The second-order valence-electron chi connectivity index (χ2n) is 3.98. The van der Waals surface area contributed by atoms with Crippen LogP contribution in [0, 0.1) is 0 Å². The van der Waals surface area contributed by atoms with E-state index in [4.69, 9.17) is 0 Å². The monoisotopic (exact) mass is 308 g/mol. The SMILES string of the molecule is FC(F)(F)c1cc(Br)cc([C@H]2CNCCN2)c1. The van der Waals surface area contributed by atoms with Crippen LogP contribution in [0.4, 0.5) is 13.2 Å². The molecule has 1 aliphatic heterocycles. The van der Waals surface area contributed by atoms with Crippen LogP contribution in [0.3, 0.4) is 0 Å². The molecule has 0 amide bonds. The first kappa shape index (κ1) is 12.9. The van der Waals surface area contributed by atoms with Crippen LogP contribution in [0.1, 0.15) is 17.2 Å². The fourth-order valence-electron chi connectivity index (χ4n) is 1.87. The summed E-state index contributed by atoms with van der Waals surface area (Å²) in [4.78, 5) is 0. The van der Waals surface area contributed by atoms with Gasteiger partial charge in [-0.25, -0.2) is 0 Å². The van der Waals surface area contributed by atoms with Gasteiger partial charge in [0, 0.05) is 30.1 Å². The van der Waals surface area contributed by atoms with Crippen molar-refractivity contribution in [1.29, 1.82) is 0 Å². The molecule has 2 rings (SSSR count). The number of hydrogen-bond acceptors (Lipinski definition) is 2. The van der Waals surface area contributed by atoms with Crippen molar-refractivity contribution in [2.45, 2.75) is 12.2 Å². The van der Waals surface area contributed by atoms with Gasteiger partial charge in [0.15, 0.2) is 0 Å². The zero-order chi connectivity index (χ0) is 12.5. The molecule has 1 fully saturated rings. The van der Waals surface area contributed by atoms with E-state index in [0.717, 1.165) is 19.2 Å². The normalized spacial score (nSPS) is 21.5. The molecule has 1 aromatic rings. The van der Waals surface area contributed by atoms with Gasteiger partial charge in [0.1, 0.15) is 0 Å². The van der Waals surface area contributed by atoms with Gasteiger partial charge in [0.25, 0.3) is 0 Å². The van der Waals surface area contributed by atoms with E-state index in [0.29, 0.717) is 16.6 Å². The van der Waals surface area contributed by atoms with E-state index in [1.54, 1.807) is 6.07 Å². The minimum absolute atomic E-state index is 0.0673. The summed E-state index contributed by atoms with van der Waals surface area (Å²) in [5.41, 5.74) is 0.0353. The van der Waals surface area contributed by atoms with Gasteiger partial charge >= 0.3 is 6.18 Å². The zero-order valence-corrected chi connectivity index (χ0v) is 10.5. The maximum absolute atomic E-state index is 12.7. The van der Waals surface area contributed by atoms with Crippen LogP contribution >= 0.6 is 15.9 Å². The van der Waals surface area contributed by atoms with E-state index in [1.165, 1.54) is 6.07 Å². The standard InChI is InChI=1S/C11H12BrF3N2/c12-9-4-7(10-6-16-1-2-17-10)3-8(5-9)11(13,14)15/h3-5,10,16-17H,1-2,6H2/t10-/m1/s1. The third-order valence-electron chi connectivity index (χ3n) is 2.69. The Hall–Kier alpha value is -0.590. The Morgan fingerprint density at radius 3 is 2.53 bits per heavy atom. The molecular weight excluding hydrogens is 297 g/mol. The lowest BCUT2D eigenvalue weighted by Gasteiger charge is -2.25. The molecule has 0 aliphatic carbocycles. The number of rotatable bonds is 1.